The smallest absolute Gasteiger partial charge is 0.408 e. The number of carbonyl (C=O) groups is 3. The van der Waals surface area contributed by atoms with Crippen LogP contribution in [0.5, 0.6) is 0 Å². The molecular formula is C31H29FN2O6. The first kappa shape index (κ1) is 28.1. The molecule has 2 amide bonds. The molecule has 0 fully saturated rings. The van der Waals surface area contributed by atoms with E-state index in [0.717, 1.165) is 17.2 Å². The summed E-state index contributed by atoms with van der Waals surface area (Å²) in [6, 6.07) is 22.5. The summed E-state index contributed by atoms with van der Waals surface area (Å²) in [6.45, 7) is 1.56. The van der Waals surface area contributed by atoms with Crippen molar-refractivity contribution in [2.75, 3.05) is 6.54 Å². The lowest BCUT2D eigenvalue weighted by molar-refractivity contribution is -0.147. The Kier molecular flexibility index (Phi) is 9.66. The zero-order valence-corrected chi connectivity index (χ0v) is 21.9. The third-order valence-corrected chi connectivity index (χ3v) is 6.02. The molecule has 0 bridgehead atoms. The van der Waals surface area contributed by atoms with E-state index in [9.17, 15) is 18.8 Å². The first-order valence-electron chi connectivity index (χ1n) is 12.8. The summed E-state index contributed by atoms with van der Waals surface area (Å²) in [5.74, 6) is -1.35. The highest BCUT2D eigenvalue weighted by Gasteiger charge is 2.25. The Bertz CT molecular complexity index is 1440. The zero-order chi connectivity index (χ0) is 28.3. The van der Waals surface area contributed by atoms with Gasteiger partial charge in [0, 0.05) is 24.1 Å². The second-order valence-corrected chi connectivity index (χ2v) is 8.90. The number of benzene rings is 3. The average molecular weight is 545 g/mol. The number of nitrogens with one attached hydrogen (secondary N) is 2. The van der Waals surface area contributed by atoms with Crippen molar-refractivity contribution in [3.63, 3.8) is 0 Å². The second-order valence-electron chi connectivity index (χ2n) is 8.90. The predicted octanol–water partition coefficient (Wildman–Crippen LogP) is 5.42. The van der Waals surface area contributed by atoms with Gasteiger partial charge < -0.3 is 24.5 Å². The van der Waals surface area contributed by atoms with E-state index in [1.165, 1.54) is 18.4 Å². The molecule has 40 heavy (non-hydrogen) atoms. The van der Waals surface area contributed by atoms with Gasteiger partial charge >= 0.3 is 12.1 Å². The molecule has 0 aliphatic carbocycles. The molecule has 0 aliphatic heterocycles. The van der Waals surface area contributed by atoms with Gasteiger partial charge in [0.2, 0.25) is 0 Å². The number of hydrogen-bond acceptors (Lipinski definition) is 6. The fourth-order valence-electron chi connectivity index (χ4n) is 3.97. The van der Waals surface area contributed by atoms with Crippen LogP contribution in [-0.2, 0) is 33.9 Å². The largest absolute Gasteiger partial charge is 0.469 e. The normalized spacial score (nSPS) is 11.3. The van der Waals surface area contributed by atoms with Crippen molar-refractivity contribution in [1.29, 1.82) is 0 Å². The summed E-state index contributed by atoms with van der Waals surface area (Å²) in [5.41, 5.74) is 2.72. The van der Waals surface area contributed by atoms with Gasteiger partial charge in [-0.05, 0) is 41.0 Å². The first-order chi connectivity index (χ1) is 19.4. The number of carbonyl (C=O) groups excluding carboxylic acids is 3. The van der Waals surface area contributed by atoms with Crippen LogP contribution in [0.15, 0.2) is 95.6 Å². The molecule has 3 aromatic carbocycles. The SMILES string of the molecule is CCc1occc1-c1cc(F)cc(C(=O)NC[C@@H](NC(=O)OCc2ccccc2)C(=O)OCc2ccccc2)c1. The Labute approximate surface area is 231 Å². The average Bonchev–Trinajstić information content (AvgIpc) is 3.47. The van der Waals surface area contributed by atoms with Crippen LogP contribution in [0.2, 0.25) is 0 Å². The molecule has 8 nitrogen and oxygen atoms in total. The van der Waals surface area contributed by atoms with Crippen molar-refractivity contribution >= 4 is 18.0 Å². The van der Waals surface area contributed by atoms with Gasteiger partial charge in [0.05, 0.1) is 6.26 Å². The number of halogens is 1. The van der Waals surface area contributed by atoms with Crippen molar-refractivity contribution in [1.82, 2.24) is 10.6 Å². The summed E-state index contributed by atoms with van der Waals surface area (Å²) >= 11 is 0. The highest BCUT2D eigenvalue weighted by Crippen LogP contribution is 2.27. The van der Waals surface area contributed by atoms with Gasteiger partial charge in [-0.2, -0.15) is 0 Å². The van der Waals surface area contributed by atoms with E-state index in [1.807, 2.05) is 31.2 Å². The highest BCUT2D eigenvalue weighted by molar-refractivity contribution is 5.96. The Balaban J connectivity index is 1.43. The van der Waals surface area contributed by atoms with Crippen molar-refractivity contribution < 1.29 is 32.7 Å². The zero-order valence-electron chi connectivity index (χ0n) is 21.9. The molecule has 9 heteroatoms. The molecule has 1 aromatic heterocycles. The fraction of sp³-hybridized carbons (Fsp3) is 0.194. The highest BCUT2D eigenvalue weighted by atomic mass is 19.1. The third-order valence-electron chi connectivity index (χ3n) is 6.02. The maximum atomic E-state index is 14.4. The van der Waals surface area contributed by atoms with Gasteiger partial charge in [-0.1, -0.05) is 67.6 Å². The third kappa shape index (κ3) is 7.80. The standard InChI is InChI=1S/C31H29FN2O6/c1-2-28-26(13-14-38-28)23-15-24(17-25(32)16-23)29(35)33-18-27(30(36)39-19-21-9-5-3-6-10-21)34-31(37)40-20-22-11-7-4-8-12-22/h3-17,27H,2,18-20H2,1H3,(H,33,35)(H,34,37)/t27-/m1/s1. The summed E-state index contributed by atoms with van der Waals surface area (Å²) < 4.78 is 30.5. The first-order valence-corrected chi connectivity index (χ1v) is 12.8. The van der Waals surface area contributed by atoms with Gasteiger partial charge in [0.25, 0.3) is 5.91 Å². The Morgan fingerprint density at radius 2 is 1.52 bits per heavy atom. The molecule has 0 unspecified atom stereocenters. The molecule has 4 rings (SSSR count). The topological polar surface area (TPSA) is 107 Å². The lowest BCUT2D eigenvalue weighted by Gasteiger charge is -2.18. The number of esters is 1. The van der Waals surface area contributed by atoms with Crippen LogP contribution >= 0.6 is 0 Å². The van der Waals surface area contributed by atoms with E-state index in [0.29, 0.717) is 23.3 Å². The van der Waals surface area contributed by atoms with E-state index in [2.05, 4.69) is 10.6 Å². The van der Waals surface area contributed by atoms with Gasteiger partial charge in [-0.25, -0.2) is 14.0 Å². The fourth-order valence-corrected chi connectivity index (χ4v) is 3.97. The van der Waals surface area contributed by atoms with Gasteiger partial charge in [0.15, 0.2) is 0 Å². The molecule has 206 valence electrons. The number of alkyl carbamates (subject to hydrolysis) is 1. The van der Waals surface area contributed by atoms with Crippen LogP contribution in [0.3, 0.4) is 0 Å². The summed E-state index contributed by atoms with van der Waals surface area (Å²) in [4.78, 5) is 38.4. The van der Waals surface area contributed by atoms with Gasteiger partial charge in [-0.15, -0.1) is 0 Å². The van der Waals surface area contributed by atoms with E-state index < -0.39 is 29.8 Å². The van der Waals surface area contributed by atoms with Crippen molar-refractivity contribution in [2.24, 2.45) is 0 Å². The van der Waals surface area contributed by atoms with Crippen molar-refractivity contribution in [2.45, 2.75) is 32.6 Å². The van der Waals surface area contributed by atoms with Crippen LogP contribution in [0.1, 0.15) is 34.2 Å². The molecule has 0 radical (unpaired) electrons. The maximum absolute atomic E-state index is 14.4. The van der Waals surface area contributed by atoms with Crippen LogP contribution in [0.25, 0.3) is 11.1 Å². The van der Waals surface area contributed by atoms with Crippen LogP contribution < -0.4 is 10.6 Å². The molecule has 4 aromatic rings. The van der Waals surface area contributed by atoms with E-state index >= 15 is 0 Å². The number of hydrogen-bond donors (Lipinski definition) is 2. The number of amides is 2. The number of furan rings is 1. The molecule has 2 N–H and O–H groups in total. The van der Waals surface area contributed by atoms with Gasteiger partial charge in [0.1, 0.15) is 30.8 Å². The predicted molar refractivity (Wildman–Crippen MR) is 146 cm³/mol. The summed E-state index contributed by atoms with van der Waals surface area (Å²) in [7, 11) is 0. The van der Waals surface area contributed by atoms with Crippen molar-refractivity contribution in [3.05, 3.63) is 119 Å². The maximum Gasteiger partial charge on any atom is 0.408 e. The minimum Gasteiger partial charge on any atom is -0.469 e. The molecular weight excluding hydrogens is 515 g/mol. The molecule has 0 aliphatic rings. The van der Waals surface area contributed by atoms with Gasteiger partial charge in [-0.3, -0.25) is 4.79 Å². The van der Waals surface area contributed by atoms with Crippen LogP contribution in [-0.4, -0.2) is 30.6 Å². The monoisotopic (exact) mass is 544 g/mol. The Morgan fingerprint density at radius 3 is 2.17 bits per heavy atom. The summed E-state index contributed by atoms with van der Waals surface area (Å²) in [5, 5.41) is 5.04. The minimum atomic E-state index is -1.26. The van der Waals surface area contributed by atoms with Crippen LogP contribution in [0.4, 0.5) is 9.18 Å². The quantitative estimate of drug-likeness (QED) is 0.244. The van der Waals surface area contributed by atoms with E-state index in [1.54, 1.807) is 42.5 Å². The lowest BCUT2D eigenvalue weighted by Crippen LogP contribution is -2.49. The molecule has 1 heterocycles. The molecule has 0 saturated carbocycles. The van der Waals surface area contributed by atoms with Crippen LogP contribution in [0, 0.1) is 5.82 Å². The molecule has 0 spiro atoms. The number of aryl methyl sites for hydroxylation is 1. The Hall–Kier alpha value is -4.92. The van der Waals surface area contributed by atoms with E-state index in [4.69, 9.17) is 13.9 Å². The van der Waals surface area contributed by atoms with E-state index in [-0.39, 0.29) is 25.3 Å². The Morgan fingerprint density at radius 1 is 0.875 bits per heavy atom. The second kappa shape index (κ2) is 13.7. The minimum absolute atomic E-state index is 0.00928. The lowest BCUT2D eigenvalue weighted by atomic mass is 10.0. The molecule has 0 saturated heterocycles. The number of ether oxygens (including phenoxy) is 2. The van der Waals surface area contributed by atoms with Crippen molar-refractivity contribution in [3.8, 4) is 11.1 Å². The molecule has 1 atom stereocenters. The number of rotatable bonds is 11. The summed E-state index contributed by atoms with van der Waals surface area (Å²) in [6.07, 6.45) is 1.24.